The molecular weight excluding hydrogens is 165 g/mol. The lowest BCUT2D eigenvalue weighted by Crippen LogP contribution is -2.16. The van der Waals surface area contributed by atoms with Crippen LogP contribution in [0.5, 0.6) is 0 Å². The molecule has 13 heavy (non-hydrogen) atoms. The third kappa shape index (κ3) is 3.15. The van der Waals surface area contributed by atoms with Gasteiger partial charge in [0.2, 0.25) is 0 Å². The first-order chi connectivity index (χ1) is 6.24. The second-order valence-corrected chi connectivity index (χ2v) is 3.17. The molecule has 0 saturated carbocycles. The summed E-state index contributed by atoms with van der Waals surface area (Å²) in [6.07, 6.45) is 0.900. The Morgan fingerprint density at radius 1 is 1.38 bits per heavy atom. The molecule has 0 aliphatic heterocycles. The molecule has 0 unspecified atom stereocenters. The van der Waals surface area contributed by atoms with Crippen LogP contribution < -0.4 is 5.32 Å². The smallest absolute Gasteiger partial charge is 0.123 e. The number of benzene rings is 1. The second kappa shape index (κ2) is 4.97. The number of hydrogen-bond acceptors (Lipinski definition) is 1. The summed E-state index contributed by atoms with van der Waals surface area (Å²) in [7, 11) is 0. The Morgan fingerprint density at radius 2 is 2.15 bits per heavy atom. The second-order valence-electron chi connectivity index (χ2n) is 3.17. The average Bonchev–Trinajstić information content (AvgIpc) is 2.11. The van der Waals surface area contributed by atoms with Crippen molar-refractivity contribution < 1.29 is 4.39 Å². The maximum atomic E-state index is 12.8. The fourth-order valence-corrected chi connectivity index (χ4v) is 1.31. The maximum Gasteiger partial charge on any atom is 0.123 e. The van der Waals surface area contributed by atoms with E-state index in [1.165, 1.54) is 11.6 Å². The minimum atomic E-state index is -0.142. The summed E-state index contributed by atoms with van der Waals surface area (Å²) in [5.41, 5.74) is 2.26. The van der Waals surface area contributed by atoms with Crippen LogP contribution >= 0.6 is 0 Å². The molecule has 0 saturated heterocycles. The van der Waals surface area contributed by atoms with Gasteiger partial charge in [0.15, 0.2) is 0 Å². The summed E-state index contributed by atoms with van der Waals surface area (Å²) in [6.45, 7) is 5.97. The summed E-state index contributed by atoms with van der Waals surface area (Å²) in [5.74, 6) is -0.142. The van der Waals surface area contributed by atoms with Gasteiger partial charge in [-0.15, -0.1) is 0 Å². The molecule has 0 radical (unpaired) electrons. The van der Waals surface area contributed by atoms with Gasteiger partial charge in [-0.3, -0.25) is 0 Å². The van der Waals surface area contributed by atoms with Crippen LogP contribution in [0, 0.1) is 12.7 Å². The van der Waals surface area contributed by atoms with Crippen LogP contribution in [0.3, 0.4) is 0 Å². The zero-order valence-electron chi connectivity index (χ0n) is 8.23. The van der Waals surface area contributed by atoms with Crippen LogP contribution in [0.25, 0.3) is 0 Å². The van der Waals surface area contributed by atoms with Crippen molar-refractivity contribution in [3.63, 3.8) is 0 Å². The number of nitrogens with one attached hydrogen (secondary N) is 1. The zero-order chi connectivity index (χ0) is 9.68. The Balaban J connectivity index is 2.59. The summed E-state index contributed by atoms with van der Waals surface area (Å²) >= 11 is 0. The third-order valence-corrected chi connectivity index (χ3v) is 2.13. The van der Waals surface area contributed by atoms with Crippen LogP contribution in [-0.4, -0.2) is 13.1 Å². The van der Waals surface area contributed by atoms with Gasteiger partial charge in [-0.25, -0.2) is 4.39 Å². The Bertz CT molecular complexity index is 271. The van der Waals surface area contributed by atoms with E-state index in [0.717, 1.165) is 25.1 Å². The van der Waals surface area contributed by atoms with E-state index in [4.69, 9.17) is 0 Å². The first kappa shape index (κ1) is 10.2. The van der Waals surface area contributed by atoms with Crippen molar-refractivity contribution >= 4 is 0 Å². The van der Waals surface area contributed by atoms with Gasteiger partial charge in [-0.05, 0) is 49.7 Å². The monoisotopic (exact) mass is 181 g/mol. The van der Waals surface area contributed by atoms with Gasteiger partial charge in [-0.2, -0.15) is 0 Å². The van der Waals surface area contributed by atoms with E-state index >= 15 is 0 Å². The van der Waals surface area contributed by atoms with Gasteiger partial charge < -0.3 is 5.32 Å². The molecule has 1 aromatic carbocycles. The lowest BCUT2D eigenvalue weighted by atomic mass is 10.1. The lowest BCUT2D eigenvalue weighted by molar-refractivity contribution is 0.622. The van der Waals surface area contributed by atoms with E-state index in [-0.39, 0.29) is 5.82 Å². The van der Waals surface area contributed by atoms with E-state index in [2.05, 4.69) is 12.2 Å². The van der Waals surface area contributed by atoms with Crippen molar-refractivity contribution in [1.29, 1.82) is 0 Å². The Kier molecular flexibility index (Phi) is 3.90. The average molecular weight is 181 g/mol. The summed E-state index contributed by atoms with van der Waals surface area (Å²) < 4.78 is 12.8. The summed E-state index contributed by atoms with van der Waals surface area (Å²) in [5, 5.41) is 3.22. The fraction of sp³-hybridized carbons (Fsp3) is 0.455. The first-order valence-corrected chi connectivity index (χ1v) is 4.69. The highest BCUT2D eigenvalue weighted by atomic mass is 19.1. The van der Waals surface area contributed by atoms with E-state index in [1.54, 1.807) is 6.07 Å². The van der Waals surface area contributed by atoms with Crippen molar-refractivity contribution in [2.45, 2.75) is 20.3 Å². The van der Waals surface area contributed by atoms with Crippen molar-refractivity contribution in [3.05, 3.63) is 35.1 Å². The first-order valence-electron chi connectivity index (χ1n) is 4.69. The molecule has 1 nitrogen and oxygen atoms in total. The number of hydrogen-bond donors (Lipinski definition) is 1. The third-order valence-electron chi connectivity index (χ3n) is 2.13. The normalized spacial score (nSPS) is 10.4. The van der Waals surface area contributed by atoms with Gasteiger partial charge in [0.05, 0.1) is 0 Å². The van der Waals surface area contributed by atoms with Crippen molar-refractivity contribution in [2.75, 3.05) is 13.1 Å². The van der Waals surface area contributed by atoms with E-state index in [9.17, 15) is 4.39 Å². The highest BCUT2D eigenvalue weighted by molar-refractivity contribution is 5.26. The molecule has 0 amide bonds. The highest BCUT2D eigenvalue weighted by Crippen LogP contribution is 2.10. The van der Waals surface area contributed by atoms with E-state index < -0.39 is 0 Å². The minimum Gasteiger partial charge on any atom is -0.317 e. The van der Waals surface area contributed by atoms with Crippen LogP contribution in [0.1, 0.15) is 18.1 Å². The van der Waals surface area contributed by atoms with E-state index in [0.29, 0.717) is 0 Å². The molecule has 0 aliphatic rings. The Labute approximate surface area is 79.0 Å². The molecule has 1 N–H and O–H groups in total. The predicted molar refractivity (Wildman–Crippen MR) is 53.4 cm³/mol. The lowest BCUT2D eigenvalue weighted by Gasteiger charge is -2.05. The summed E-state index contributed by atoms with van der Waals surface area (Å²) in [4.78, 5) is 0. The van der Waals surface area contributed by atoms with Crippen molar-refractivity contribution in [1.82, 2.24) is 5.32 Å². The molecule has 1 aromatic rings. The Hall–Kier alpha value is -0.890. The molecule has 0 aliphatic carbocycles. The Morgan fingerprint density at radius 3 is 2.85 bits per heavy atom. The quantitative estimate of drug-likeness (QED) is 0.703. The molecule has 72 valence electrons. The molecule has 0 spiro atoms. The zero-order valence-corrected chi connectivity index (χ0v) is 8.23. The molecule has 0 heterocycles. The van der Waals surface area contributed by atoms with Gasteiger partial charge in [0.1, 0.15) is 5.82 Å². The standard InChI is InChI=1S/C11H16FN/c1-3-13-7-6-10-8-11(12)5-4-9(10)2/h4-5,8,13H,3,6-7H2,1-2H3. The van der Waals surface area contributed by atoms with Crippen LogP contribution in [-0.2, 0) is 6.42 Å². The van der Waals surface area contributed by atoms with Crippen LogP contribution in [0.2, 0.25) is 0 Å². The molecule has 0 aromatic heterocycles. The fourth-order valence-electron chi connectivity index (χ4n) is 1.31. The topological polar surface area (TPSA) is 12.0 Å². The number of aryl methyl sites for hydroxylation is 1. The van der Waals surface area contributed by atoms with Crippen molar-refractivity contribution in [2.24, 2.45) is 0 Å². The van der Waals surface area contributed by atoms with Crippen LogP contribution in [0.15, 0.2) is 18.2 Å². The summed E-state index contributed by atoms with van der Waals surface area (Å²) in [6, 6.07) is 4.95. The molecule has 1 rings (SSSR count). The largest absolute Gasteiger partial charge is 0.317 e. The predicted octanol–water partition coefficient (Wildman–Crippen LogP) is 2.29. The van der Waals surface area contributed by atoms with Crippen molar-refractivity contribution in [3.8, 4) is 0 Å². The maximum absolute atomic E-state index is 12.8. The SMILES string of the molecule is CCNCCc1cc(F)ccc1C. The number of rotatable bonds is 4. The number of likely N-dealkylation sites (N-methyl/N-ethyl adjacent to an activating group) is 1. The highest BCUT2D eigenvalue weighted by Gasteiger charge is 1.99. The van der Waals surface area contributed by atoms with Gasteiger partial charge in [0, 0.05) is 0 Å². The van der Waals surface area contributed by atoms with Crippen LogP contribution in [0.4, 0.5) is 4.39 Å². The minimum absolute atomic E-state index is 0.142. The molecule has 0 fully saturated rings. The van der Waals surface area contributed by atoms with Gasteiger partial charge in [0.25, 0.3) is 0 Å². The van der Waals surface area contributed by atoms with Gasteiger partial charge in [-0.1, -0.05) is 13.0 Å². The molecule has 2 heteroatoms. The molecule has 0 bridgehead atoms. The van der Waals surface area contributed by atoms with Gasteiger partial charge >= 0.3 is 0 Å². The number of halogens is 1. The molecule has 0 atom stereocenters. The molecular formula is C11H16FN. The van der Waals surface area contributed by atoms with E-state index in [1.807, 2.05) is 13.0 Å².